The number of aromatic nitrogens is 2. The monoisotopic (exact) mass is 302 g/mol. The predicted octanol–water partition coefficient (Wildman–Crippen LogP) is 1.62. The van der Waals surface area contributed by atoms with E-state index in [1.54, 1.807) is 6.07 Å². The van der Waals surface area contributed by atoms with E-state index in [1.165, 1.54) is 18.2 Å². The molecule has 0 unspecified atom stereocenters. The number of anilines is 1. The van der Waals surface area contributed by atoms with Gasteiger partial charge in [-0.15, -0.1) is 0 Å². The summed E-state index contributed by atoms with van der Waals surface area (Å²) in [5, 5.41) is 6.57. The molecule has 1 saturated heterocycles. The summed E-state index contributed by atoms with van der Waals surface area (Å²) in [6, 6.07) is 9.94. The maximum atomic E-state index is 12.9. The molecule has 1 aromatic carbocycles. The first-order valence-electron chi connectivity index (χ1n) is 7.48. The van der Waals surface area contributed by atoms with E-state index in [2.05, 4.69) is 20.0 Å². The number of hydrogen-bond donors (Lipinski definition) is 1. The molecule has 2 aromatic rings. The second-order valence-electron chi connectivity index (χ2n) is 5.52. The second-order valence-corrected chi connectivity index (χ2v) is 5.52. The van der Waals surface area contributed by atoms with Crippen molar-refractivity contribution in [3.05, 3.63) is 58.1 Å². The van der Waals surface area contributed by atoms with Gasteiger partial charge in [0.1, 0.15) is 11.6 Å². The average Bonchev–Trinajstić information content (AvgIpc) is 2.76. The Bertz CT molecular complexity index is 650. The molecular weight excluding hydrogens is 283 g/mol. The summed E-state index contributed by atoms with van der Waals surface area (Å²) in [7, 11) is 0. The molecule has 0 aliphatic carbocycles. The van der Waals surface area contributed by atoms with Gasteiger partial charge in [-0.05, 0) is 30.2 Å². The zero-order valence-corrected chi connectivity index (χ0v) is 12.3. The van der Waals surface area contributed by atoms with Crippen molar-refractivity contribution < 1.29 is 4.39 Å². The third-order valence-corrected chi connectivity index (χ3v) is 3.90. The zero-order chi connectivity index (χ0) is 15.4. The van der Waals surface area contributed by atoms with E-state index in [1.807, 2.05) is 12.1 Å². The lowest BCUT2D eigenvalue weighted by Crippen LogP contribution is -2.31. The lowest BCUT2D eigenvalue weighted by molar-refractivity contribution is 0.285. The molecule has 0 amide bonds. The third-order valence-electron chi connectivity index (χ3n) is 3.90. The molecule has 116 valence electrons. The SMILES string of the molecule is O=c1ccc(N2CCCN(Cc3ccc(F)cc3)CC2)n[nH]1. The smallest absolute Gasteiger partial charge is 0.264 e. The van der Waals surface area contributed by atoms with Crippen molar-refractivity contribution >= 4 is 5.82 Å². The lowest BCUT2D eigenvalue weighted by atomic mass is 10.2. The van der Waals surface area contributed by atoms with Gasteiger partial charge in [-0.2, -0.15) is 5.10 Å². The highest BCUT2D eigenvalue weighted by atomic mass is 19.1. The minimum atomic E-state index is -0.199. The standard InChI is InChI=1S/C16H19FN4O/c17-14-4-2-13(3-5-14)12-20-8-1-9-21(11-10-20)15-6-7-16(22)19-18-15/h2-7H,1,8-12H2,(H,19,22). The molecule has 0 saturated carbocycles. The van der Waals surface area contributed by atoms with Crippen molar-refractivity contribution in [3.63, 3.8) is 0 Å². The van der Waals surface area contributed by atoms with Crippen molar-refractivity contribution in [3.8, 4) is 0 Å². The summed E-state index contributed by atoms with van der Waals surface area (Å²) in [5.74, 6) is 0.609. The number of halogens is 1. The summed E-state index contributed by atoms with van der Waals surface area (Å²) >= 11 is 0. The Morgan fingerprint density at radius 3 is 2.59 bits per heavy atom. The lowest BCUT2D eigenvalue weighted by Gasteiger charge is -2.22. The van der Waals surface area contributed by atoms with E-state index in [0.717, 1.165) is 50.5 Å². The molecule has 1 aliphatic rings. The number of H-pyrrole nitrogens is 1. The van der Waals surface area contributed by atoms with Crippen molar-refractivity contribution in [1.82, 2.24) is 15.1 Å². The summed E-state index contributed by atoms with van der Waals surface area (Å²) < 4.78 is 12.9. The van der Waals surface area contributed by atoms with E-state index < -0.39 is 0 Å². The van der Waals surface area contributed by atoms with Gasteiger partial charge < -0.3 is 4.90 Å². The molecule has 0 bridgehead atoms. The number of nitrogens with zero attached hydrogens (tertiary/aromatic N) is 3. The molecule has 1 fully saturated rings. The quantitative estimate of drug-likeness (QED) is 0.936. The first-order chi connectivity index (χ1) is 10.7. The molecule has 1 aliphatic heterocycles. The highest BCUT2D eigenvalue weighted by molar-refractivity contribution is 5.36. The fourth-order valence-corrected chi connectivity index (χ4v) is 2.72. The molecular formula is C16H19FN4O. The van der Waals surface area contributed by atoms with E-state index in [0.29, 0.717) is 0 Å². The van der Waals surface area contributed by atoms with Crippen LogP contribution in [0.25, 0.3) is 0 Å². The summed E-state index contributed by atoms with van der Waals surface area (Å²) in [6.45, 7) is 4.52. The van der Waals surface area contributed by atoms with Gasteiger partial charge in [-0.1, -0.05) is 12.1 Å². The molecule has 5 nitrogen and oxygen atoms in total. The molecule has 1 aromatic heterocycles. The zero-order valence-electron chi connectivity index (χ0n) is 12.3. The Morgan fingerprint density at radius 2 is 1.86 bits per heavy atom. The van der Waals surface area contributed by atoms with Crippen LogP contribution in [0.1, 0.15) is 12.0 Å². The van der Waals surface area contributed by atoms with Gasteiger partial charge in [-0.3, -0.25) is 9.69 Å². The molecule has 0 atom stereocenters. The van der Waals surface area contributed by atoms with Crippen molar-refractivity contribution in [2.24, 2.45) is 0 Å². The van der Waals surface area contributed by atoms with E-state index >= 15 is 0 Å². The van der Waals surface area contributed by atoms with Crippen LogP contribution in [0.3, 0.4) is 0 Å². The molecule has 2 heterocycles. The Kier molecular flexibility index (Phi) is 4.48. The minimum absolute atomic E-state index is 0.184. The van der Waals surface area contributed by atoms with E-state index in [9.17, 15) is 9.18 Å². The van der Waals surface area contributed by atoms with Crippen LogP contribution in [0.4, 0.5) is 10.2 Å². The van der Waals surface area contributed by atoms with Gasteiger partial charge in [0.2, 0.25) is 0 Å². The van der Waals surface area contributed by atoms with Gasteiger partial charge in [-0.25, -0.2) is 9.49 Å². The fourth-order valence-electron chi connectivity index (χ4n) is 2.72. The Balaban J connectivity index is 1.61. The first kappa shape index (κ1) is 14.7. The summed E-state index contributed by atoms with van der Waals surface area (Å²) in [4.78, 5) is 15.6. The van der Waals surface area contributed by atoms with Crippen LogP contribution in [0.15, 0.2) is 41.2 Å². The average molecular weight is 302 g/mol. The van der Waals surface area contributed by atoms with Gasteiger partial charge in [0.25, 0.3) is 5.56 Å². The maximum absolute atomic E-state index is 12.9. The highest BCUT2D eigenvalue weighted by Gasteiger charge is 2.16. The van der Waals surface area contributed by atoms with E-state index in [-0.39, 0.29) is 11.4 Å². The molecule has 0 radical (unpaired) electrons. The molecule has 3 rings (SSSR count). The fraction of sp³-hybridized carbons (Fsp3) is 0.375. The topological polar surface area (TPSA) is 52.2 Å². The van der Waals surface area contributed by atoms with Gasteiger partial charge >= 0.3 is 0 Å². The molecule has 1 N–H and O–H groups in total. The van der Waals surface area contributed by atoms with Gasteiger partial charge in [0.05, 0.1) is 0 Å². The largest absolute Gasteiger partial charge is 0.354 e. The Morgan fingerprint density at radius 1 is 1.05 bits per heavy atom. The van der Waals surface area contributed by atoms with Gasteiger partial charge in [0, 0.05) is 38.8 Å². The maximum Gasteiger partial charge on any atom is 0.264 e. The molecule has 0 spiro atoms. The van der Waals surface area contributed by atoms with E-state index in [4.69, 9.17) is 0 Å². The summed E-state index contributed by atoms with van der Waals surface area (Å²) in [6.07, 6.45) is 1.03. The van der Waals surface area contributed by atoms with Crippen LogP contribution in [-0.4, -0.2) is 41.3 Å². The van der Waals surface area contributed by atoms with Crippen LogP contribution in [0.2, 0.25) is 0 Å². The summed E-state index contributed by atoms with van der Waals surface area (Å²) in [5.41, 5.74) is 0.938. The van der Waals surface area contributed by atoms with Crippen LogP contribution in [0.5, 0.6) is 0 Å². The number of nitrogens with one attached hydrogen (secondary N) is 1. The third kappa shape index (κ3) is 3.71. The highest BCUT2D eigenvalue weighted by Crippen LogP contribution is 2.13. The predicted molar refractivity (Wildman–Crippen MR) is 83.4 cm³/mol. The van der Waals surface area contributed by atoms with Crippen LogP contribution in [-0.2, 0) is 6.54 Å². The number of benzene rings is 1. The van der Waals surface area contributed by atoms with Crippen molar-refractivity contribution in [2.75, 3.05) is 31.1 Å². The van der Waals surface area contributed by atoms with Crippen LogP contribution < -0.4 is 10.5 Å². The Labute approximate surface area is 128 Å². The molecule has 6 heteroatoms. The van der Waals surface area contributed by atoms with Gasteiger partial charge in [0.15, 0.2) is 0 Å². The first-order valence-corrected chi connectivity index (χ1v) is 7.48. The van der Waals surface area contributed by atoms with Crippen molar-refractivity contribution in [2.45, 2.75) is 13.0 Å². The molecule has 22 heavy (non-hydrogen) atoms. The number of rotatable bonds is 3. The number of aromatic amines is 1. The second kappa shape index (κ2) is 6.70. The van der Waals surface area contributed by atoms with Crippen LogP contribution in [0, 0.1) is 5.82 Å². The Hall–Kier alpha value is -2.21. The van der Waals surface area contributed by atoms with Crippen molar-refractivity contribution in [1.29, 1.82) is 0 Å². The number of hydrogen-bond acceptors (Lipinski definition) is 4. The normalized spacial score (nSPS) is 16.5. The van der Waals surface area contributed by atoms with Crippen LogP contribution >= 0.6 is 0 Å². The minimum Gasteiger partial charge on any atom is -0.354 e.